The van der Waals surface area contributed by atoms with Gasteiger partial charge in [0.2, 0.25) is 0 Å². The molecule has 0 amide bonds. The van der Waals surface area contributed by atoms with Crippen molar-refractivity contribution >= 4 is 11.7 Å². The fraction of sp³-hybridized carbons (Fsp3) is 0.455. The van der Waals surface area contributed by atoms with E-state index in [1.165, 1.54) is 6.07 Å². The Balaban J connectivity index is 2.78. The lowest BCUT2D eigenvalue weighted by Gasteiger charge is -2.17. The van der Waals surface area contributed by atoms with Crippen LogP contribution in [0.4, 0.5) is 13.2 Å². The van der Waals surface area contributed by atoms with Gasteiger partial charge >= 0.3 is 12.1 Å². The van der Waals surface area contributed by atoms with Crippen molar-refractivity contribution in [2.75, 3.05) is 0 Å². The van der Waals surface area contributed by atoms with Crippen LogP contribution in [0.2, 0.25) is 0 Å². The van der Waals surface area contributed by atoms with Crippen molar-refractivity contribution in [3.63, 3.8) is 0 Å². The maximum Gasteiger partial charge on any atom is 0.453 e. The Morgan fingerprint density at radius 3 is 2.30 bits per heavy atom. The molecule has 1 N–H and O–H groups in total. The molecule has 0 saturated carbocycles. The molecular weight excluding hydrogens is 277 g/mol. The van der Waals surface area contributed by atoms with E-state index in [2.05, 4.69) is 15.1 Å². The number of aromatic nitrogens is 4. The molecule has 20 heavy (non-hydrogen) atoms. The maximum absolute atomic E-state index is 12.6. The standard InChI is InChI=1S/C11H11F3N4O2/c1-10(2,3)6-4-5(7(19)20)18-9(15-6)16-8(17-18)11(12,13)14/h4H,1-3H3,(H,19,20). The summed E-state index contributed by atoms with van der Waals surface area (Å²) in [5, 5.41) is 12.3. The molecule has 6 nitrogen and oxygen atoms in total. The number of fused-ring (bicyclic) bond motifs is 1. The molecule has 0 spiro atoms. The molecule has 2 aromatic rings. The number of nitrogens with zero attached hydrogens (tertiary/aromatic N) is 4. The van der Waals surface area contributed by atoms with E-state index in [0.29, 0.717) is 10.2 Å². The minimum absolute atomic E-state index is 0.323. The lowest BCUT2D eigenvalue weighted by atomic mass is 9.91. The Labute approximate surface area is 111 Å². The van der Waals surface area contributed by atoms with E-state index in [-0.39, 0.29) is 5.78 Å². The fourth-order valence-corrected chi connectivity index (χ4v) is 1.53. The van der Waals surface area contributed by atoms with Crippen LogP contribution in [0.25, 0.3) is 5.78 Å². The smallest absolute Gasteiger partial charge is 0.453 e. The molecule has 0 bridgehead atoms. The predicted octanol–water partition coefficient (Wildman–Crippen LogP) is 2.14. The van der Waals surface area contributed by atoms with Gasteiger partial charge in [-0.05, 0) is 6.07 Å². The quantitative estimate of drug-likeness (QED) is 0.869. The molecule has 0 radical (unpaired) electrons. The summed E-state index contributed by atoms with van der Waals surface area (Å²) in [6.45, 7) is 5.29. The van der Waals surface area contributed by atoms with E-state index in [9.17, 15) is 18.0 Å². The zero-order chi connectivity index (χ0) is 15.3. The Morgan fingerprint density at radius 1 is 1.25 bits per heavy atom. The molecule has 2 heterocycles. The fourth-order valence-electron chi connectivity index (χ4n) is 1.53. The van der Waals surface area contributed by atoms with E-state index >= 15 is 0 Å². The van der Waals surface area contributed by atoms with Crippen LogP contribution >= 0.6 is 0 Å². The van der Waals surface area contributed by atoms with E-state index < -0.39 is 29.1 Å². The monoisotopic (exact) mass is 288 g/mol. The molecule has 0 unspecified atom stereocenters. The highest BCUT2D eigenvalue weighted by molar-refractivity contribution is 5.86. The van der Waals surface area contributed by atoms with E-state index in [0.717, 1.165) is 0 Å². The van der Waals surface area contributed by atoms with Crippen molar-refractivity contribution in [3.8, 4) is 0 Å². The first kappa shape index (κ1) is 14.2. The lowest BCUT2D eigenvalue weighted by Crippen LogP contribution is -2.18. The molecular formula is C11H11F3N4O2. The molecule has 0 fully saturated rings. The van der Waals surface area contributed by atoms with Crippen molar-refractivity contribution in [2.24, 2.45) is 0 Å². The van der Waals surface area contributed by atoms with Crippen molar-refractivity contribution in [1.29, 1.82) is 0 Å². The predicted molar refractivity (Wildman–Crippen MR) is 61.4 cm³/mol. The highest BCUT2D eigenvalue weighted by Gasteiger charge is 2.37. The minimum Gasteiger partial charge on any atom is -0.477 e. The zero-order valence-corrected chi connectivity index (χ0v) is 10.9. The lowest BCUT2D eigenvalue weighted by molar-refractivity contribution is -0.144. The summed E-state index contributed by atoms with van der Waals surface area (Å²) in [5.74, 6) is -3.21. The second-order valence-corrected chi connectivity index (χ2v) is 5.23. The maximum atomic E-state index is 12.6. The third kappa shape index (κ3) is 2.43. The van der Waals surface area contributed by atoms with Crippen LogP contribution in [-0.2, 0) is 11.6 Å². The number of carbonyl (C=O) groups is 1. The van der Waals surface area contributed by atoms with Crippen LogP contribution in [0.3, 0.4) is 0 Å². The first-order valence-electron chi connectivity index (χ1n) is 5.59. The van der Waals surface area contributed by atoms with Gasteiger partial charge in [-0.3, -0.25) is 0 Å². The highest BCUT2D eigenvalue weighted by Crippen LogP contribution is 2.27. The van der Waals surface area contributed by atoms with Crippen molar-refractivity contribution in [3.05, 3.63) is 23.3 Å². The normalized spacial score (nSPS) is 12.9. The van der Waals surface area contributed by atoms with Crippen molar-refractivity contribution < 1.29 is 23.1 Å². The third-order valence-electron chi connectivity index (χ3n) is 2.55. The third-order valence-corrected chi connectivity index (χ3v) is 2.55. The number of aromatic carboxylic acids is 1. The average Bonchev–Trinajstić information content (AvgIpc) is 2.68. The van der Waals surface area contributed by atoms with Crippen LogP contribution in [0.15, 0.2) is 6.07 Å². The number of halogens is 3. The second kappa shape index (κ2) is 4.15. The van der Waals surface area contributed by atoms with Gasteiger partial charge in [-0.25, -0.2) is 9.78 Å². The summed E-state index contributed by atoms with van der Waals surface area (Å²) >= 11 is 0. The Hall–Kier alpha value is -2.19. The van der Waals surface area contributed by atoms with Gasteiger partial charge in [-0.15, -0.1) is 5.10 Å². The van der Waals surface area contributed by atoms with Gasteiger partial charge in [-0.2, -0.15) is 22.7 Å². The summed E-state index contributed by atoms with van der Waals surface area (Å²) in [7, 11) is 0. The Bertz CT molecular complexity index is 685. The van der Waals surface area contributed by atoms with Crippen molar-refractivity contribution in [2.45, 2.75) is 32.4 Å². The Morgan fingerprint density at radius 2 is 1.85 bits per heavy atom. The molecule has 0 aliphatic heterocycles. The topological polar surface area (TPSA) is 80.4 Å². The van der Waals surface area contributed by atoms with Gasteiger partial charge in [0, 0.05) is 5.41 Å². The number of hydrogen-bond acceptors (Lipinski definition) is 4. The van der Waals surface area contributed by atoms with Crippen LogP contribution in [-0.4, -0.2) is 30.7 Å². The largest absolute Gasteiger partial charge is 0.477 e. The zero-order valence-electron chi connectivity index (χ0n) is 10.9. The van der Waals surface area contributed by atoms with Crippen LogP contribution in [0.5, 0.6) is 0 Å². The summed E-state index contributed by atoms with van der Waals surface area (Å²) in [4.78, 5) is 18.4. The summed E-state index contributed by atoms with van der Waals surface area (Å²) in [5.41, 5.74) is -0.623. The summed E-state index contributed by atoms with van der Waals surface area (Å²) < 4.78 is 38.3. The average molecular weight is 288 g/mol. The number of carboxylic acids is 1. The summed E-state index contributed by atoms with van der Waals surface area (Å²) in [6.07, 6.45) is -4.76. The first-order valence-corrected chi connectivity index (χ1v) is 5.59. The molecule has 0 aliphatic rings. The second-order valence-electron chi connectivity index (χ2n) is 5.23. The molecule has 0 atom stereocenters. The van der Waals surface area contributed by atoms with Gasteiger partial charge in [-0.1, -0.05) is 20.8 Å². The SMILES string of the molecule is CC(C)(C)c1cc(C(=O)O)n2nc(C(F)(F)F)nc2n1. The van der Waals surface area contributed by atoms with E-state index in [1.807, 2.05) is 0 Å². The van der Waals surface area contributed by atoms with Gasteiger partial charge in [0.05, 0.1) is 5.69 Å². The van der Waals surface area contributed by atoms with E-state index in [1.54, 1.807) is 20.8 Å². The Kier molecular flexibility index (Phi) is 2.95. The molecule has 0 aliphatic carbocycles. The molecule has 0 aromatic carbocycles. The highest BCUT2D eigenvalue weighted by atomic mass is 19.4. The first-order chi connectivity index (χ1) is 9.00. The molecule has 2 rings (SSSR count). The number of rotatable bonds is 1. The number of alkyl halides is 3. The summed E-state index contributed by atoms with van der Waals surface area (Å²) in [6, 6.07) is 1.20. The van der Waals surface area contributed by atoms with Gasteiger partial charge in [0.1, 0.15) is 0 Å². The minimum atomic E-state index is -4.76. The van der Waals surface area contributed by atoms with Gasteiger partial charge in [0.15, 0.2) is 5.69 Å². The van der Waals surface area contributed by atoms with E-state index in [4.69, 9.17) is 5.11 Å². The van der Waals surface area contributed by atoms with Gasteiger partial charge in [0.25, 0.3) is 11.6 Å². The van der Waals surface area contributed by atoms with Gasteiger partial charge < -0.3 is 5.11 Å². The number of carboxylic acid groups (broad SMARTS) is 1. The molecule has 108 valence electrons. The molecule has 2 aromatic heterocycles. The number of hydrogen-bond donors (Lipinski definition) is 1. The van der Waals surface area contributed by atoms with Crippen molar-refractivity contribution in [1.82, 2.24) is 19.6 Å². The van der Waals surface area contributed by atoms with Crippen LogP contribution < -0.4 is 0 Å². The molecule has 9 heteroatoms. The molecule has 0 saturated heterocycles. The van der Waals surface area contributed by atoms with Crippen LogP contribution in [0.1, 0.15) is 42.8 Å². The van der Waals surface area contributed by atoms with Crippen LogP contribution in [0, 0.1) is 0 Å².